The maximum atomic E-state index is 12.3. The molecule has 0 aliphatic carbocycles. The van der Waals surface area contributed by atoms with Gasteiger partial charge in [-0.25, -0.2) is 14.6 Å². The van der Waals surface area contributed by atoms with E-state index in [1.807, 2.05) is 31.4 Å². The number of halogens is 2. The summed E-state index contributed by atoms with van der Waals surface area (Å²) in [5.41, 5.74) is 1.62. The molecule has 0 radical (unpaired) electrons. The highest BCUT2D eigenvalue weighted by Gasteiger charge is 2.41. The van der Waals surface area contributed by atoms with E-state index in [9.17, 15) is 9.59 Å². The van der Waals surface area contributed by atoms with E-state index >= 15 is 0 Å². The summed E-state index contributed by atoms with van der Waals surface area (Å²) in [5.74, 6) is -2.55. The van der Waals surface area contributed by atoms with E-state index in [4.69, 9.17) is 32.7 Å². The van der Waals surface area contributed by atoms with E-state index in [2.05, 4.69) is 4.98 Å². The lowest BCUT2D eigenvalue weighted by Gasteiger charge is -2.30. The molecule has 1 saturated heterocycles. The van der Waals surface area contributed by atoms with E-state index in [-0.39, 0.29) is 10.9 Å². The van der Waals surface area contributed by atoms with Crippen LogP contribution in [0, 0.1) is 6.92 Å². The Morgan fingerprint density at radius 3 is 2.35 bits per heavy atom. The SMILES string of the molecule is CSC(=C1C(=O)OC(C)(C)OC1=O)c1ccc2nc(C)sc2c1.ClCCl. The number of aromatic nitrogens is 1. The first kappa shape index (κ1) is 21.0. The number of nitrogens with zero attached hydrogens (tertiary/aromatic N) is 1. The number of esters is 2. The normalized spacial score (nSPS) is 15.8. The standard InChI is InChI=1S/C16H15NO4S2.CH2Cl2/c1-8-17-10-6-5-9(7-11(10)23-8)13(22-4)12-14(18)20-16(2,3)21-15(12)19;2-1-3/h5-7H,1-4H3;1H2. The first-order chi connectivity index (χ1) is 12.2. The number of carbonyl (C=O) groups excluding carboxylic acids is 2. The molecule has 9 heteroatoms. The summed E-state index contributed by atoms with van der Waals surface area (Å²) in [6.45, 7) is 5.01. The molecule has 0 bridgehead atoms. The number of benzene rings is 1. The van der Waals surface area contributed by atoms with E-state index in [0.717, 1.165) is 20.8 Å². The van der Waals surface area contributed by atoms with Gasteiger partial charge < -0.3 is 9.47 Å². The number of fused-ring (bicyclic) bond motifs is 1. The quantitative estimate of drug-likeness (QED) is 0.289. The zero-order valence-corrected chi connectivity index (χ0v) is 17.7. The molecule has 3 rings (SSSR count). The largest absolute Gasteiger partial charge is 0.419 e. The third kappa shape index (κ3) is 4.71. The molecular formula is C17H17Cl2NO4S2. The van der Waals surface area contributed by atoms with Crippen LogP contribution in [0.3, 0.4) is 0 Å². The van der Waals surface area contributed by atoms with Gasteiger partial charge in [0.25, 0.3) is 5.79 Å². The van der Waals surface area contributed by atoms with Gasteiger partial charge in [0.05, 0.1) is 20.6 Å². The first-order valence-corrected chi connectivity index (χ1v) is 10.6. The molecule has 1 aliphatic heterocycles. The van der Waals surface area contributed by atoms with Gasteiger partial charge in [-0.1, -0.05) is 6.07 Å². The van der Waals surface area contributed by atoms with Gasteiger partial charge in [0, 0.05) is 18.8 Å². The lowest BCUT2D eigenvalue weighted by Crippen LogP contribution is -2.42. The maximum Gasteiger partial charge on any atom is 0.350 e. The summed E-state index contributed by atoms with van der Waals surface area (Å²) in [6, 6.07) is 5.66. The van der Waals surface area contributed by atoms with Crippen LogP contribution in [0.4, 0.5) is 0 Å². The lowest BCUT2D eigenvalue weighted by atomic mass is 10.1. The maximum absolute atomic E-state index is 12.3. The number of hydrogen-bond acceptors (Lipinski definition) is 7. The molecule has 2 aromatic rings. The Morgan fingerprint density at radius 2 is 1.81 bits per heavy atom. The third-order valence-electron chi connectivity index (χ3n) is 3.27. The van der Waals surface area contributed by atoms with Gasteiger partial charge >= 0.3 is 11.9 Å². The van der Waals surface area contributed by atoms with Crippen LogP contribution in [0.2, 0.25) is 0 Å². The van der Waals surface area contributed by atoms with Crippen LogP contribution in [0.1, 0.15) is 24.4 Å². The predicted octanol–water partition coefficient (Wildman–Crippen LogP) is 4.94. The minimum Gasteiger partial charge on any atom is -0.419 e. The molecule has 1 fully saturated rings. The van der Waals surface area contributed by atoms with Gasteiger partial charge in [-0.15, -0.1) is 46.3 Å². The highest BCUT2D eigenvalue weighted by molar-refractivity contribution is 8.07. The number of ether oxygens (including phenoxy) is 2. The van der Waals surface area contributed by atoms with Crippen molar-refractivity contribution in [2.75, 3.05) is 11.6 Å². The minimum atomic E-state index is -1.24. The molecule has 1 aromatic carbocycles. The molecule has 0 N–H and O–H groups in total. The fourth-order valence-electron chi connectivity index (χ4n) is 2.38. The van der Waals surface area contributed by atoms with Gasteiger partial charge in [0.2, 0.25) is 0 Å². The Kier molecular flexibility index (Phi) is 6.96. The second-order valence-corrected chi connectivity index (χ2v) is 8.46. The summed E-state index contributed by atoms with van der Waals surface area (Å²) in [5, 5.41) is 1.16. The van der Waals surface area contributed by atoms with Crippen LogP contribution in [0.15, 0.2) is 23.8 Å². The fraction of sp³-hybridized carbons (Fsp3) is 0.353. The monoisotopic (exact) mass is 433 g/mol. The number of thiazole rings is 1. The van der Waals surface area contributed by atoms with Gasteiger partial charge in [-0.3, -0.25) is 0 Å². The molecule has 0 unspecified atom stereocenters. The summed E-state index contributed by atoms with van der Waals surface area (Å²) >= 11 is 12.4. The van der Waals surface area contributed by atoms with E-state index < -0.39 is 17.7 Å². The van der Waals surface area contributed by atoms with Crippen molar-refractivity contribution >= 4 is 73.4 Å². The number of thioether (sulfide) groups is 1. The zero-order chi connectivity index (χ0) is 19.5. The van der Waals surface area contributed by atoms with Gasteiger partial charge in [-0.2, -0.15) is 0 Å². The predicted molar refractivity (Wildman–Crippen MR) is 108 cm³/mol. The Balaban J connectivity index is 0.000000758. The van der Waals surface area contributed by atoms with Crippen LogP contribution in [-0.2, 0) is 19.1 Å². The number of hydrogen-bond donors (Lipinski definition) is 0. The first-order valence-electron chi connectivity index (χ1n) is 7.47. The molecule has 1 aromatic heterocycles. The van der Waals surface area contributed by atoms with Gasteiger partial charge in [0.1, 0.15) is 0 Å². The summed E-state index contributed by atoms with van der Waals surface area (Å²) < 4.78 is 11.4. The van der Waals surface area contributed by atoms with Crippen molar-refractivity contribution in [2.45, 2.75) is 26.6 Å². The number of rotatable bonds is 2. The van der Waals surface area contributed by atoms with Crippen molar-refractivity contribution < 1.29 is 19.1 Å². The summed E-state index contributed by atoms with van der Waals surface area (Å²) in [6.07, 6.45) is 1.81. The second-order valence-electron chi connectivity index (χ2n) is 5.60. The third-order valence-corrected chi connectivity index (χ3v) is 5.06. The summed E-state index contributed by atoms with van der Waals surface area (Å²) in [7, 11) is 0. The molecule has 1 aliphatic rings. The Bertz CT molecular complexity index is 855. The van der Waals surface area contributed by atoms with Crippen LogP contribution in [0.25, 0.3) is 15.1 Å². The van der Waals surface area contributed by atoms with Crippen molar-refractivity contribution in [1.82, 2.24) is 4.98 Å². The molecule has 2 heterocycles. The molecule has 0 atom stereocenters. The second kappa shape index (κ2) is 8.61. The average Bonchev–Trinajstić information content (AvgIpc) is 2.89. The molecular weight excluding hydrogens is 417 g/mol. The molecule has 0 spiro atoms. The highest BCUT2D eigenvalue weighted by Crippen LogP contribution is 2.36. The van der Waals surface area contributed by atoms with Crippen LogP contribution in [0.5, 0.6) is 0 Å². The average molecular weight is 434 g/mol. The number of aryl methyl sites for hydroxylation is 1. The molecule has 0 amide bonds. The molecule has 5 nitrogen and oxygen atoms in total. The number of carbonyl (C=O) groups is 2. The van der Waals surface area contributed by atoms with Crippen LogP contribution >= 0.6 is 46.3 Å². The zero-order valence-electron chi connectivity index (χ0n) is 14.6. The van der Waals surface area contributed by atoms with Crippen molar-refractivity contribution in [1.29, 1.82) is 0 Å². The minimum absolute atomic E-state index is 0.0580. The Labute approximate surface area is 169 Å². The van der Waals surface area contributed by atoms with E-state index in [0.29, 0.717) is 4.91 Å². The fourth-order valence-corrected chi connectivity index (χ4v) is 3.98. The van der Waals surface area contributed by atoms with Crippen LogP contribution < -0.4 is 0 Å². The summed E-state index contributed by atoms with van der Waals surface area (Å²) in [4.78, 5) is 29.5. The van der Waals surface area contributed by atoms with Crippen molar-refractivity contribution in [3.8, 4) is 0 Å². The Morgan fingerprint density at radius 1 is 1.23 bits per heavy atom. The highest BCUT2D eigenvalue weighted by atomic mass is 35.5. The molecule has 140 valence electrons. The number of alkyl halides is 2. The lowest BCUT2D eigenvalue weighted by molar-refractivity contribution is -0.222. The van der Waals surface area contributed by atoms with Crippen molar-refractivity contribution in [3.63, 3.8) is 0 Å². The van der Waals surface area contributed by atoms with E-state index in [1.54, 1.807) is 11.3 Å². The van der Waals surface area contributed by atoms with Crippen LogP contribution in [-0.4, -0.2) is 34.3 Å². The number of cyclic esters (lactones) is 2. The topological polar surface area (TPSA) is 65.5 Å². The van der Waals surface area contributed by atoms with Gasteiger partial charge in [0.15, 0.2) is 5.57 Å². The Hall–Kier alpha value is -1.28. The van der Waals surface area contributed by atoms with E-state index in [1.165, 1.54) is 25.6 Å². The molecule has 26 heavy (non-hydrogen) atoms. The van der Waals surface area contributed by atoms with Crippen molar-refractivity contribution in [3.05, 3.63) is 34.3 Å². The smallest absolute Gasteiger partial charge is 0.350 e. The van der Waals surface area contributed by atoms with Crippen molar-refractivity contribution in [2.24, 2.45) is 0 Å². The molecule has 0 saturated carbocycles. The van der Waals surface area contributed by atoms with Gasteiger partial charge in [-0.05, 0) is 30.9 Å².